The van der Waals surface area contributed by atoms with Crippen molar-refractivity contribution in [2.45, 2.75) is 6.42 Å². The normalized spacial score (nSPS) is 10.4. The van der Waals surface area contributed by atoms with Crippen LogP contribution in [0.5, 0.6) is 0 Å². The highest BCUT2D eigenvalue weighted by Crippen LogP contribution is 1.83. The summed E-state index contributed by atoms with van der Waals surface area (Å²) >= 11 is 0. The van der Waals surface area contributed by atoms with Gasteiger partial charge in [0, 0.05) is 6.54 Å². The standard InChI is InChI=1S/C8H13N/c1-4-5-6-7-8-9(2)3/h1,5-6H,7-8H2,2-3H3/b6-5-. The van der Waals surface area contributed by atoms with Crippen molar-refractivity contribution in [3.8, 4) is 12.3 Å². The van der Waals surface area contributed by atoms with E-state index < -0.39 is 0 Å². The average Bonchev–Trinajstić information content (AvgIpc) is 1.80. The van der Waals surface area contributed by atoms with Crippen LogP contribution in [-0.2, 0) is 0 Å². The van der Waals surface area contributed by atoms with E-state index in [1.807, 2.05) is 20.2 Å². The summed E-state index contributed by atoms with van der Waals surface area (Å²) in [6, 6.07) is 0. The molecule has 0 saturated carbocycles. The van der Waals surface area contributed by atoms with Crippen LogP contribution in [-0.4, -0.2) is 25.5 Å². The molecule has 0 saturated heterocycles. The van der Waals surface area contributed by atoms with Gasteiger partial charge in [-0.3, -0.25) is 0 Å². The smallest absolute Gasteiger partial charge is 0.00101 e. The van der Waals surface area contributed by atoms with Gasteiger partial charge in [-0.25, -0.2) is 0 Å². The van der Waals surface area contributed by atoms with Crippen LogP contribution in [0.1, 0.15) is 6.42 Å². The molecule has 0 aromatic rings. The maximum atomic E-state index is 4.99. The van der Waals surface area contributed by atoms with Crippen molar-refractivity contribution in [2.75, 3.05) is 20.6 Å². The van der Waals surface area contributed by atoms with Crippen LogP contribution in [0.4, 0.5) is 0 Å². The van der Waals surface area contributed by atoms with E-state index in [4.69, 9.17) is 6.42 Å². The molecule has 0 aliphatic rings. The van der Waals surface area contributed by atoms with Crippen LogP contribution in [0, 0.1) is 12.3 Å². The van der Waals surface area contributed by atoms with Gasteiger partial charge in [0.25, 0.3) is 0 Å². The molecule has 0 fully saturated rings. The Kier molecular flexibility index (Phi) is 4.95. The van der Waals surface area contributed by atoms with Gasteiger partial charge < -0.3 is 4.90 Å². The molecule has 0 radical (unpaired) electrons. The van der Waals surface area contributed by atoms with Crippen molar-refractivity contribution in [1.82, 2.24) is 4.90 Å². The Bertz CT molecular complexity index is 117. The monoisotopic (exact) mass is 123 g/mol. The molecule has 0 atom stereocenters. The highest BCUT2D eigenvalue weighted by Gasteiger charge is 1.82. The molecule has 0 amide bonds. The summed E-state index contributed by atoms with van der Waals surface area (Å²) in [5.74, 6) is 2.44. The van der Waals surface area contributed by atoms with Crippen LogP contribution < -0.4 is 0 Å². The van der Waals surface area contributed by atoms with Gasteiger partial charge in [-0.1, -0.05) is 12.0 Å². The number of rotatable bonds is 3. The number of hydrogen-bond donors (Lipinski definition) is 0. The van der Waals surface area contributed by atoms with E-state index in [1.165, 1.54) is 0 Å². The molecule has 0 aromatic carbocycles. The summed E-state index contributed by atoms with van der Waals surface area (Å²) in [7, 11) is 4.09. The highest BCUT2D eigenvalue weighted by molar-refractivity contribution is 5.08. The molecule has 0 N–H and O–H groups in total. The zero-order valence-electron chi connectivity index (χ0n) is 6.09. The van der Waals surface area contributed by atoms with Crippen LogP contribution in [0.25, 0.3) is 0 Å². The van der Waals surface area contributed by atoms with Gasteiger partial charge in [-0.05, 0) is 26.6 Å². The Labute approximate surface area is 57.4 Å². The molecule has 0 aliphatic heterocycles. The van der Waals surface area contributed by atoms with Gasteiger partial charge in [0.15, 0.2) is 0 Å². The lowest BCUT2D eigenvalue weighted by atomic mass is 10.3. The maximum absolute atomic E-state index is 4.99. The predicted octanol–water partition coefficient (Wildman–Crippen LogP) is 1.13. The molecule has 0 aliphatic carbocycles. The van der Waals surface area contributed by atoms with Gasteiger partial charge in [-0.15, -0.1) is 6.42 Å². The predicted molar refractivity (Wildman–Crippen MR) is 41.1 cm³/mol. The van der Waals surface area contributed by atoms with E-state index >= 15 is 0 Å². The fourth-order valence-electron chi connectivity index (χ4n) is 0.484. The Morgan fingerprint density at radius 2 is 2.22 bits per heavy atom. The molecule has 1 heteroatoms. The fourth-order valence-corrected chi connectivity index (χ4v) is 0.484. The van der Waals surface area contributed by atoms with Crippen molar-refractivity contribution >= 4 is 0 Å². The van der Waals surface area contributed by atoms with Gasteiger partial charge in [0.2, 0.25) is 0 Å². The van der Waals surface area contributed by atoms with Crippen molar-refractivity contribution < 1.29 is 0 Å². The zero-order valence-corrected chi connectivity index (χ0v) is 6.09. The Morgan fingerprint density at radius 3 is 2.67 bits per heavy atom. The van der Waals surface area contributed by atoms with E-state index in [0.717, 1.165) is 13.0 Å². The molecule has 0 bridgehead atoms. The summed E-state index contributed by atoms with van der Waals surface area (Å²) in [5, 5.41) is 0. The van der Waals surface area contributed by atoms with Crippen molar-refractivity contribution in [3.63, 3.8) is 0 Å². The first-order chi connectivity index (χ1) is 4.27. The van der Waals surface area contributed by atoms with Gasteiger partial charge in [0.05, 0.1) is 0 Å². The molecule has 0 rings (SSSR count). The number of nitrogens with zero attached hydrogens (tertiary/aromatic N) is 1. The first-order valence-corrected chi connectivity index (χ1v) is 3.03. The minimum absolute atomic E-state index is 1.04. The molecular weight excluding hydrogens is 110 g/mol. The van der Waals surface area contributed by atoms with Crippen LogP contribution >= 0.6 is 0 Å². The third kappa shape index (κ3) is 7.26. The van der Waals surface area contributed by atoms with Crippen LogP contribution in [0.3, 0.4) is 0 Å². The second kappa shape index (κ2) is 5.40. The molecule has 0 aromatic heterocycles. The van der Waals surface area contributed by atoms with Crippen molar-refractivity contribution in [2.24, 2.45) is 0 Å². The van der Waals surface area contributed by atoms with Gasteiger partial charge >= 0.3 is 0 Å². The first kappa shape index (κ1) is 8.26. The summed E-state index contributed by atoms with van der Waals surface area (Å²) in [5.41, 5.74) is 0. The van der Waals surface area contributed by atoms with Crippen LogP contribution in [0.15, 0.2) is 12.2 Å². The molecule has 50 valence electrons. The highest BCUT2D eigenvalue weighted by atomic mass is 15.0. The Balaban J connectivity index is 3.12. The minimum Gasteiger partial charge on any atom is -0.309 e. The first-order valence-electron chi connectivity index (χ1n) is 3.03. The maximum Gasteiger partial charge on any atom is 0.00101 e. The molecular formula is C8H13N. The Morgan fingerprint density at radius 1 is 1.56 bits per heavy atom. The van der Waals surface area contributed by atoms with E-state index in [0.29, 0.717) is 0 Å². The van der Waals surface area contributed by atoms with Crippen molar-refractivity contribution in [3.05, 3.63) is 12.2 Å². The molecule has 0 spiro atoms. The summed E-state index contributed by atoms with van der Waals surface area (Å²) in [6.45, 7) is 1.07. The lowest BCUT2D eigenvalue weighted by Crippen LogP contribution is -2.11. The van der Waals surface area contributed by atoms with Gasteiger partial charge in [0.1, 0.15) is 0 Å². The number of terminal acetylenes is 1. The van der Waals surface area contributed by atoms with Crippen molar-refractivity contribution in [1.29, 1.82) is 0 Å². The number of hydrogen-bond acceptors (Lipinski definition) is 1. The average molecular weight is 123 g/mol. The third-order valence-electron chi connectivity index (χ3n) is 0.957. The van der Waals surface area contributed by atoms with E-state index in [2.05, 4.69) is 10.8 Å². The zero-order chi connectivity index (χ0) is 7.11. The lowest BCUT2D eigenvalue weighted by Gasteiger charge is -2.04. The van der Waals surface area contributed by atoms with Gasteiger partial charge in [-0.2, -0.15) is 0 Å². The molecule has 9 heavy (non-hydrogen) atoms. The SMILES string of the molecule is C#C/C=C\CCN(C)C. The third-order valence-corrected chi connectivity index (χ3v) is 0.957. The largest absolute Gasteiger partial charge is 0.309 e. The van der Waals surface area contributed by atoms with E-state index in [9.17, 15) is 0 Å². The van der Waals surface area contributed by atoms with E-state index in [-0.39, 0.29) is 0 Å². The molecule has 0 heterocycles. The lowest BCUT2D eigenvalue weighted by molar-refractivity contribution is 0.417. The number of allylic oxidation sites excluding steroid dienone is 1. The minimum atomic E-state index is 1.04. The second-order valence-corrected chi connectivity index (χ2v) is 2.16. The summed E-state index contributed by atoms with van der Waals surface area (Å²) < 4.78 is 0. The topological polar surface area (TPSA) is 3.24 Å². The second-order valence-electron chi connectivity index (χ2n) is 2.16. The molecule has 1 nitrogen and oxygen atoms in total. The van der Waals surface area contributed by atoms with E-state index in [1.54, 1.807) is 6.08 Å². The summed E-state index contributed by atoms with van der Waals surface area (Å²) in [6.07, 6.45) is 9.77. The van der Waals surface area contributed by atoms with Crippen LogP contribution in [0.2, 0.25) is 0 Å². The fraction of sp³-hybridized carbons (Fsp3) is 0.500. The molecule has 0 unspecified atom stereocenters. The quantitative estimate of drug-likeness (QED) is 0.508. The Hall–Kier alpha value is -0.740. The summed E-state index contributed by atoms with van der Waals surface area (Å²) in [4.78, 5) is 2.13.